The Bertz CT molecular complexity index is 2150. The van der Waals surface area contributed by atoms with E-state index >= 15 is 0 Å². The van der Waals surface area contributed by atoms with E-state index in [1.807, 2.05) is 11.3 Å². The number of hydrogen-bond donors (Lipinski definition) is 0. The first-order valence-corrected chi connectivity index (χ1v) is 14.6. The average molecular weight is 530 g/mol. The van der Waals surface area contributed by atoms with E-state index < -0.39 is 0 Å². The quantitative estimate of drug-likeness (QED) is 0.214. The molecule has 6 aromatic carbocycles. The summed E-state index contributed by atoms with van der Waals surface area (Å²) in [4.78, 5) is 0. The monoisotopic (exact) mass is 529 g/mol. The SMILES string of the molecule is Cc1ccc2c(c1)c1cc(C)ccc1n2-c1ccc(-c2ccc(-c3ccc4c(c3)sc3ccccc34)cc2)cc1. The van der Waals surface area contributed by atoms with Gasteiger partial charge in [0.1, 0.15) is 0 Å². The lowest BCUT2D eigenvalue weighted by Crippen LogP contribution is -1.93. The summed E-state index contributed by atoms with van der Waals surface area (Å²) in [7, 11) is 0. The Morgan fingerprint density at radius 3 is 1.60 bits per heavy atom. The highest BCUT2D eigenvalue weighted by atomic mass is 32.1. The van der Waals surface area contributed by atoms with Crippen LogP contribution in [0.5, 0.6) is 0 Å². The number of aromatic nitrogens is 1. The van der Waals surface area contributed by atoms with Crippen molar-refractivity contribution in [2.45, 2.75) is 13.8 Å². The van der Waals surface area contributed by atoms with Gasteiger partial charge in [-0.15, -0.1) is 11.3 Å². The largest absolute Gasteiger partial charge is 0.309 e. The van der Waals surface area contributed by atoms with Crippen LogP contribution in [-0.4, -0.2) is 4.57 Å². The van der Waals surface area contributed by atoms with Crippen LogP contribution in [0.15, 0.2) is 127 Å². The van der Waals surface area contributed by atoms with Crippen LogP contribution >= 0.6 is 11.3 Å². The van der Waals surface area contributed by atoms with Crippen LogP contribution in [0.2, 0.25) is 0 Å². The molecule has 0 atom stereocenters. The summed E-state index contributed by atoms with van der Waals surface area (Å²) in [6.45, 7) is 4.34. The van der Waals surface area contributed by atoms with Crippen molar-refractivity contribution < 1.29 is 0 Å². The second-order valence-electron chi connectivity index (χ2n) is 10.8. The van der Waals surface area contributed by atoms with Gasteiger partial charge in [-0.05, 0) is 84.6 Å². The summed E-state index contributed by atoms with van der Waals surface area (Å²) >= 11 is 1.87. The topological polar surface area (TPSA) is 4.93 Å². The minimum atomic E-state index is 1.18. The second-order valence-corrected chi connectivity index (χ2v) is 11.9. The Hall–Kier alpha value is -4.66. The van der Waals surface area contributed by atoms with Gasteiger partial charge >= 0.3 is 0 Å². The first-order valence-electron chi connectivity index (χ1n) is 13.8. The van der Waals surface area contributed by atoms with E-state index in [1.54, 1.807) is 0 Å². The number of thiophene rings is 1. The molecule has 0 fully saturated rings. The highest BCUT2D eigenvalue weighted by Gasteiger charge is 2.13. The molecule has 0 saturated carbocycles. The van der Waals surface area contributed by atoms with Crippen molar-refractivity contribution >= 4 is 53.3 Å². The standard InChI is InChI=1S/C38H27NS/c1-24-7-19-35-33(21-24)34-22-25(2)8-20-36(34)39(35)30-16-13-27(14-17-30)26-9-11-28(12-10-26)29-15-18-32-31-5-3-4-6-37(31)40-38(32)23-29/h3-23H,1-2H3. The van der Waals surface area contributed by atoms with Crippen molar-refractivity contribution in [2.75, 3.05) is 0 Å². The molecule has 0 amide bonds. The lowest BCUT2D eigenvalue weighted by atomic mass is 9.99. The summed E-state index contributed by atoms with van der Waals surface area (Å²) in [5.74, 6) is 0. The first kappa shape index (κ1) is 23.2. The summed E-state index contributed by atoms with van der Waals surface area (Å²) < 4.78 is 5.08. The molecular weight excluding hydrogens is 502 g/mol. The van der Waals surface area contributed by atoms with E-state index in [1.165, 1.54) is 81.0 Å². The number of aryl methyl sites for hydroxylation is 2. The normalized spacial score (nSPS) is 11.8. The van der Waals surface area contributed by atoms with Gasteiger partial charge in [0.25, 0.3) is 0 Å². The van der Waals surface area contributed by atoms with Crippen molar-refractivity contribution in [3.05, 3.63) is 139 Å². The van der Waals surface area contributed by atoms with Crippen molar-refractivity contribution in [3.8, 4) is 27.9 Å². The summed E-state index contributed by atoms with van der Waals surface area (Å²) in [6.07, 6.45) is 0. The Morgan fingerprint density at radius 2 is 0.950 bits per heavy atom. The van der Waals surface area contributed by atoms with Crippen LogP contribution < -0.4 is 0 Å². The maximum absolute atomic E-state index is 2.39. The van der Waals surface area contributed by atoms with Gasteiger partial charge in [-0.2, -0.15) is 0 Å². The lowest BCUT2D eigenvalue weighted by molar-refractivity contribution is 1.18. The van der Waals surface area contributed by atoms with E-state index in [-0.39, 0.29) is 0 Å². The zero-order valence-corrected chi connectivity index (χ0v) is 23.3. The number of benzene rings is 6. The van der Waals surface area contributed by atoms with Gasteiger partial charge < -0.3 is 4.57 Å². The van der Waals surface area contributed by atoms with Gasteiger partial charge in [0, 0.05) is 36.6 Å². The first-order chi connectivity index (χ1) is 19.6. The third kappa shape index (κ3) is 3.68. The van der Waals surface area contributed by atoms with E-state index in [0.717, 1.165) is 0 Å². The molecular formula is C38H27NS. The molecule has 0 spiro atoms. The van der Waals surface area contributed by atoms with Crippen LogP contribution in [0.25, 0.3) is 69.9 Å². The fourth-order valence-corrected chi connectivity index (χ4v) is 7.24. The van der Waals surface area contributed by atoms with Crippen LogP contribution in [0.1, 0.15) is 11.1 Å². The van der Waals surface area contributed by atoms with Gasteiger partial charge in [-0.3, -0.25) is 0 Å². The summed E-state index contributed by atoms with van der Waals surface area (Å²) in [5.41, 5.74) is 11.2. The van der Waals surface area contributed by atoms with E-state index in [2.05, 4.69) is 146 Å². The predicted molar refractivity (Wildman–Crippen MR) is 174 cm³/mol. The Balaban J connectivity index is 1.14. The summed E-state index contributed by atoms with van der Waals surface area (Å²) in [6, 6.07) is 47.0. The van der Waals surface area contributed by atoms with Crippen LogP contribution in [0, 0.1) is 13.8 Å². The third-order valence-corrected chi connectivity index (χ3v) is 9.27. The van der Waals surface area contributed by atoms with Crippen molar-refractivity contribution in [2.24, 2.45) is 0 Å². The molecule has 8 rings (SSSR count). The number of nitrogens with zero attached hydrogens (tertiary/aromatic N) is 1. The Labute approximate surface area is 237 Å². The molecule has 0 aliphatic heterocycles. The molecule has 190 valence electrons. The zero-order chi connectivity index (χ0) is 26.8. The Morgan fingerprint density at radius 1 is 0.425 bits per heavy atom. The number of hydrogen-bond acceptors (Lipinski definition) is 1. The highest BCUT2D eigenvalue weighted by molar-refractivity contribution is 7.25. The van der Waals surface area contributed by atoms with E-state index in [9.17, 15) is 0 Å². The highest BCUT2D eigenvalue weighted by Crippen LogP contribution is 2.37. The molecule has 8 aromatic rings. The molecule has 2 heterocycles. The molecule has 0 bridgehead atoms. The van der Waals surface area contributed by atoms with Gasteiger partial charge in [0.2, 0.25) is 0 Å². The van der Waals surface area contributed by atoms with Crippen LogP contribution in [-0.2, 0) is 0 Å². The second kappa shape index (κ2) is 8.94. The van der Waals surface area contributed by atoms with Crippen molar-refractivity contribution in [3.63, 3.8) is 0 Å². The fraction of sp³-hybridized carbons (Fsp3) is 0.0526. The maximum Gasteiger partial charge on any atom is 0.0541 e. The van der Waals surface area contributed by atoms with Crippen molar-refractivity contribution in [1.29, 1.82) is 0 Å². The van der Waals surface area contributed by atoms with Crippen LogP contribution in [0.3, 0.4) is 0 Å². The molecule has 0 radical (unpaired) electrons. The lowest BCUT2D eigenvalue weighted by Gasteiger charge is -2.10. The number of rotatable bonds is 3. The molecule has 0 unspecified atom stereocenters. The molecule has 0 aliphatic rings. The zero-order valence-electron chi connectivity index (χ0n) is 22.5. The predicted octanol–water partition coefficient (Wildman–Crippen LogP) is 11.1. The van der Waals surface area contributed by atoms with Gasteiger partial charge in [0.15, 0.2) is 0 Å². The summed E-state index contributed by atoms with van der Waals surface area (Å²) in [5, 5.41) is 5.31. The van der Waals surface area contributed by atoms with Gasteiger partial charge in [0.05, 0.1) is 11.0 Å². The smallest absolute Gasteiger partial charge is 0.0541 e. The Kier molecular flexibility index (Phi) is 5.20. The molecule has 2 aromatic heterocycles. The third-order valence-electron chi connectivity index (χ3n) is 8.13. The average Bonchev–Trinajstić information content (AvgIpc) is 3.52. The molecule has 1 nitrogen and oxygen atoms in total. The maximum atomic E-state index is 2.39. The molecule has 2 heteroatoms. The van der Waals surface area contributed by atoms with Gasteiger partial charge in [-0.1, -0.05) is 90.0 Å². The molecule has 0 saturated heterocycles. The van der Waals surface area contributed by atoms with E-state index in [4.69, 9.17) is 0 Å². The fourth-order valence-electron chi connectivity index (χ4n) is 6.09. The van der Waals surface area contributed by atoms with Gasteiger partial charge in [-0.25, -0.2) is 0 Å². The minimum Gasteiger partial charge on any atom is -0.309 e. The van der Waals surface area contributed by atoms with Crippen LogP contribution in [0.4, 0.5) is 0 Å². The molecule has 0 N–H and O–H groups in total. The van der Waals surface area contributed by atoms with Crippen molar-refractivity contribution in [1.82, 2.24) is 4.57 Å². The molecule has 0 aliphatic carbocycles. The molecule has 40 heavy (non-hydrogen) atoms. The minimum absolute atomic E-state index is 1.18. The number of fused-ring (bicyclic) bond motifs is 6. The van der Waals surface area contributed by atoms with E-state index in [0.29, 0.717) is 0 Å².